The zero-order valence-electron chi connectivity index (χ0n) is 11.2. The number of anilines is 1. The molecule has 2 nitrogen and oxygen atoms in total. The Morgan fingerprint density at radius 3 is 2.42 bits per heavy atom. The molecular weight excluding hydrogens is 253 g/mol. The predicted molar refractivity (Wildman–Crippen MR) is 68.8 cm³/mol. The summed E-state index contributed by atoms with van der Waals surface area (Å²) in [7, 11) is 0. The Bertz CT molecular complexity index is 414. The average molecular weight is 272 g/mol. The van der Waals surface area contributed by atoms with Crippen LogP contribution in [0.2, 0.25) is 0 Å². The normalized spacial score (nSPS) is 28.2. The van der Waals surface area contributed by atoms with E-state index in [1.807, 2.05) is 0 Å². The molecule has 3 atom stereocenters. The SMILES string of the molecule is CC1CCC(Nc2ccc(C(F)(F)F)nc2)CC1C. The second-order valence-corrected chi connectivity index (χ2v) is 5.54. The standard InChI is InChI=1S/C14H19F3N2/c1-9-3-4-11(7-10(9)2)19-12-5-6-13(18-8-12)14(15,16)17/h5-6,8-11,19H,3-4,7H2,1-2H3. The van der Waals surface area contributed by atoms with E-state index < -0.39 is 11.9 Å². The Morgan fingerprint density at radius 1 is 1.16 bits per heavy atom. The highest BCUT2D eigenvalue weighted by Crippen LogP contribution is 2.32. The monoisotopic (exact) mass is 272 g/mol. The van der Waals surface area contributed by atoms with Crippen LogP contribution in [0.3, 0.4) is 0 Å². The number of halogens is 3. The van der Waals surface area contributed by atoms with E-state index in [4.69, 9.17) is 0 Å². The van der Waals surface area contributed by atoms with Gasteiger partial charge < -0.3 is 5.32 Å². The summed E-state index contributed by atoms with van der Waals surface area (Å²) in [4.78, 5) is 3.46. The summed E-state index contributed by atoms with van der Waals surface area (Å²) in [5, 5.41) is 3.28. The summed E-state index contributed by atoms with van der Waals surface area (Å²) in [5.41, 5.74) is -0.177. The van der Waals surface area contributed by atoms with Gasteiger partial charge in [0.05, 0.1) is 11.9 Å². The van der Waals surface area contributed by atoms with Crippen LogP contribution in [0.15, 0.2) is 18.3 Å². The van der Waals surface area contributed by atoms with Gasteiger partial charge in [-0.1, -0.05) is 13.8 Å². The molecule has 3 unspecified atom stereocenters. The lowest BCUT2D eigenvalue weighted by molar-refractivity contribution is -0.141. The van der Waals surface area contributed by atoms with Gasteiger partial charge in [0.1, 0.15) is 5.69 Å². The molecule has 1 fully saturated rings. The summed E-state index contributed by atoms with van der Waals surface area (Å²) in [6.07, 6.45) is 0.181. The van der Waals surface area contributed by atoms with Crippen molar-refractivity contribution in [3.05, 3.63) is 24.0 Å². The van der Waals surface area contributed by atoms with Crippen molar-refractivity contribution in [1.29, 1.82) is 0 Å². The quantitative estimate of drug-likeness (QED) is 0.866. The fraction of sp³-hybridized carbons (Fsp3) is 0.643. The second-order valence-electron chi connectivity index (χ2n) is 5.54. The summed E-state index contributed by atoms with van der Waals surface area (Å²) >= 11 is 0. The molecule has 1 aromatic rings. The molecular formula is C14H19F3N2. The third-order valence-electron chi connectivity index (χ3n) is 4.02. The minimum Gasteiger partial charge on any atom is -0.381 e. The Kier molecular flexibility index (Phi) is 4.02. The molecule has 0 saturated heterocycles. The van der Waals surface area contributed by atoms with E-state index in [1.165, 1.54) is 12.3 Å². The first-order valence-corrected chi connectivity index (χ1v) is 6.66. The fourth-order valence-electron chi connectivity index (χ4n) is 2.56. The summed E-state index contributed by atoms with van der Waals surface area (Å²) in [6.45, 7) is 4.48. The molecule has 106 valence electrons. The first kappa shape index (κ1) is 14.2. The average Bonchev–Trinajstić information content (AvgIpc) is 2.33. The van der Waals surface area contributed by atoms with Gasteiger partial charge in [-0.15, -0.1) is 0 Å². The van der Waals surface area contributed by atoms with Gasteiger partial charge in [-0.25, -0.2) is 4.98 Å². The van der Waals surface area contributed by atoms with Gasteiger partial charge in [-0.3, -0.25) is 0 Å². The summed E-state index contributed by atoms with van der Waals surface area (Å²) in [5.74, 6) is 1.37. The van der Waals surface area contributed by atoms with E-state index in [9.17, 15) is 13.2 Å². The first-order valence-electron chi connectivity index (χ1n) is 6.66. The van der Waals surface area contributed by atoms with E-state index in [1.54, 1.807) is 0 Å². The topological polar surface area (TPSA) is 24.9 Å². The Labute approximate surface area is 111 Å². The minimum atomic E-state index is -4.37. The highest BCUT2D eigenvalue weighted by molar-refractivity contribution is 5.42. The van der Waals surface area contributed by atoms with Gasteiger partial charge in [0, 0.05) is 6.04 Å². The smallest absolute Gasteiger partial charge is 0.381 e. The first-order chi connectivity index (χ1) is 8.86. The fourth-order valence-corrected chi connectivity index (χ4v) is 2.56. The zero-order valence-corrected chi connectivity index (χ0v) is 11.2. The van der Waals surface area contributed by atoms with Crippen LogP contribution in [0.4, 0.5) is 18.9 Å². The minimum absolute atomic E-state index is 0.338. The van der Waals surface area contributed by atoms with Gasteiger partial charge in [-0.2, -0.15) is 13.2 Å². The lowest BCUT2D eigenvalue weighted by atomic mass is 9.79. The molecule has 1 saturated carbocycles. The maximum absolute atomic E-state index is 12.4. The lowest BCUT2D eigenvalue weighted by Gasteiger charge is -2.33. The molecule has 19 heavy (non-hydrogen) atoms. The molecule has 0 spiro atoms. The van der Waals surface area contributed by atoms with Crippen LogP contribution >= 0.6 is 0 Å². The maximum Gasteiger partial charge on any atom is 0.433 e. The summed E-state index contributed by atoms with van der Waals surface area (Å²) < 4.78 is 37.2. The van der Waals surface area contributed by atoms with Crippen LogP contribution in [-0.2, 0) is 6.18 Å². The number of hydrogen-bond acceptors (Lipinski definition) is 2. The highest BCUT2D eigenvalue weighted by atomic mass is 19.4. The molecule has 0 aliphatic heterocycles. The van der Waals surface area contributed by atoms with Gasteiger partial charge in [0.15, 0.2) is 0 Å². The number of nitrogens with one attached hydrogen (secondary N) is 1. The van der Waals surface area contributed by atoms with Gasteiger partial charge in [0.25, 0.3) is 0 Å². The second kappa shape index (κ2) is 5.39. The van der Waals surface area contributed by atoms with E-state index >= 15 is 0 Å². The summed E-state index contributed by atoms with van der Waals surface area (Å²) in [6, 6.07) is 2.82. The molecule has 0 amide bonds. The van der Waals surface area contributed by atoms with Crippen LogP contribution in [0, 0.1) is 11.8 Å². The van der Waals surface area contributed by atoms with Crippen LogP contribution in [-0.4, -0.2) is 11.0 Å². The van der Waals surface area contributed by atoms with Crippen molar-refractivity contribution in [3.63, 3.8) is 0 Å². The number of rotatable bonds is 2. The van der Waals surface area contributed by atoms with Crippen LogP contribution in [0.1, 0.15) is 38.8 Å². The van der Waals surface area contributed by atoms with Crippen LogP contribution < -0.4 is 5.32 Å². The zero-order chi connectivity index (χ0) is 14.0. The van der Waals surface area contributed by atoms with Crippen LogP contribution in [0.25, 0.3) is 0 Å². The number of nitrogens with zero attached hydrogens (tertiary/aromatic N) is 1. The predicted octanol–water partition coefficient (Wildman–Crippen LogP) is 4.34. The van der Waals surface area contributed by atoms with E-state index in [-0.39, 0.29) is 0 Å². The molecule has 1 aliphatic rings. The largest absolute Gasteiger partial charge is 0.433 e. The van der Waals surface area contributed by atoms with Crippen molar-refractivity contribution in [1.82, 2.24) is 4.98 Å². The number of pyridine rings is 1. The van der Waals surface area contributed by atoms with E-state index in [0.29, 0.717) is 17.6 Å². The molecule has 0 bridgehead atoms. The molecule has 0 radical (unpaired) electrons. The Hall–Kier alpha value is -1.26. The van der Waals surface area contributed by atoms with Gasteiger partial charge >= 0.3 is 6.18 Å². The number of aromatic nitrogens is 1. The maximum atomic E-state index is 12.4. The Balaban J connectivity index is 1.97. The number of alkyl halides is 3. The molecule has 1 aromatic heterocycles. The van der Waals surface area contributed by atoms with Crippen molar-refractivity contribution in [2.24, 2.45) is 11.8 Å². The van der Waals surface area contributed by atoms with Crippen molar-refractivity contribution < 1.29 is 13.2 Å². The van der Waals surface area contributed by atoms with Gasteiger partial charge in [0.2, 0.25) is 0 Å². The molecule has 2 rings (SSSR count). The molecule has 1 heterocycles. The van der Waals surface area contributed by atoms with Crippen molar-refractivity contribution in [3.8, 4) is 0 Å². The molecule has 5 heteroatoms. The van der Waals surface area contributed by atoms with Crippen LogP contribution in [0.5, 0.6) is 0 Å². The number of hydrogen-bond donors (Lipinski definition) is 1. The van der Waals surface area contributed by atoms with Crippen molar-refractivity contribution in [2.75, 3.05) is 5.32 Å². The van der Waals surface area contributed by atoms with Gasteiger partial charge in [-0.05, 0) is 43.2 Å². The van der Waals surface area contributed by atoms with Crippen molar-refractivity contribution in [2.45, 2.75) is 45.3 Å². The molecule has 1 N–H and O–H groups in total. The highest BCUT2D eigenvalue weighted by Gasteiger charge is 2.32. The van der Waals surface area contributed by atoms with E-state index in [0.717, 1.165) is 31.2 Å². The molecule has 1 aliphatic carbocycles. The Morgan fingerprint density at radius 2 is 1.89 bits per heavy atom. The third kappa shape index (κ3) is 3.61. The van der Waals surface area contributed by atoms with E-state index in [2.05, 4.69) is 24.1 Å². The lowest BCUT2D eigenvalue weighted by Crippen LogP contribution is -2.30. The molecule has 0 aromatic carbocycles. The third-order valence-corrected chi connectivity index (χ3v) is 4.02. The van der Waals surface area contributed by atoms with Crippen molar-refractivity contribution >= 4 is 5.69 Å².